The van der Waals surface area contributed by atoms with Gasteiger partial charge in [0, 0.05) is 4.47 Å². The third-order valence-corrected chi connectivity index (χ3v) is 4.79. The second-order valence-electron chi connectivity index (χ2n) is 2.57. The molecule has 0 spiro atoms. The monoisotopic (exact) mass is 333 g/mol. The smallest absolute Gasteiger partial charge is 0.169 e. The summed E-state index contributed by atoms with van der Waals surface area (Å²) in [5.41, 5.74) is 6.07. The largest absolute Gasteiger partial charge is 0.396 e. The highest BCUT2D eigenvalue weighted by Crippen LogP contribution is 2.36. The first-order chi connectivity index (χ1) is 6.66. The predicted octanol–water partition coefficient (Wildman–Crippen LogP) is 3.31. The van der Waals surface area contributed by atoms with Gasteiger partial charge >= 0.3 is 0 Å². The molecule has 14 heavy (non-hydrogen) atoms. The van der Waals surface area contributed by atoms with Crippen molar-refractivity contribution in [1.82, 2.24) is 9.97 Å². The Morgan fingerprint density at radius 1 is 1.21 bits per heavy atom. The van der Waals surface area contributed by atoms with Gasteiger partial charge in [-0.15, -0.1) is 11.3 Å². The van der Waals surface area contributed by atoms with Crippen LogP contribution in [-0.2, 0) is 0 Å². The molecule has 0 radical (unpaired) electrons. The molecule has 0 aliphatic rings. The van der Waals surface area contributed by atoms with Crippen molar-refractivity contribution < 1.29 is 0 Å². The van der Waals surface area contributed by atoms with E-state index in [9.17, 15) is 0 Å². The molecule has 3 nitrogen and oxygen atoms in total. The highest BCUT2D eigenvalue weighted by atomic mass is 79.9. The first-order valence-electron chi connectivity index (χ1n) is 3.69. The van der Waals surface area contributed by atoms with Crippen molar-refractivity contribution in [3.63, 3.8) is 0 Å². The van der Waals surface area contributed by atoms with Crippen LogP contribution in [0.5, 0.6) is 0 Å². The number of nitrogens with two attached hydrogens (primary N) is 1. The molecule has 6 heteroatoms. The minimum absolute atomic E-state index is 0.573. The van der Waals surface area contributed by atoms with Gasteiger partial charge in [-0.3, -0.25) is 0 Å². The van der Waals surface area contributed by atoms with Gasteiger partial charge in [-0.1, -0.05) is 0 Å². The normalized spacial score (nSPS) is 10.4. The SMILES string of the molecule is Nc1cnc(-c2cc(Br)c(Br)s2)nc1. The first-order valence-corrected chi connectivity index (χ1v) is 6.10. The third-order valence-electron chi connectivity index (χ3n) is 1.54. The van der Waals surface area contributed by atoms with Crippen molar-refractivity contribution >= 4 is 48.9 Å². The lowest BCUT2D eigenvalue weighted by Crippen LogP contribution is -1.90. The van der Waals surface area contributed by atoms with E-state index in [-0.39, 0.29) is 0 Å². The van der Waals surface area contributed by atoms with Crippen molar-refractivity contribution in [2.24, 2.45) is 0 Å². The summed E-state index contributed by atoms with van der Waals surface area (Å²) in [5.74, 6) is 0.690. The summed E-state index contributed by atoms with van der Waals surface area (Å²) >= 11 is 8.41. The maximum absolute atomic E-state index is 5.50. The molecule has 0 aliphatic carbocycles. The van der Waals surface area contributed by atoms with Gasteiger partial charge in [0.15, 0.2) is 5.82 Å². The molecule has 0 unspecified atom stereocenters. The molecule has 2 heterocycles. The van der Waals surface area contributed by atoms with Crippen LogP contribution in [0.15, 0.2) is 26.7 Å². The fourth-order valence-electron chi connectivity index (χ4n) is 0.922. The molecule has 2 rings (SSSR count). The minimum Gasteiger partial charge on any atom is -0.396 e. The van der Waals surface area contributed by atoms with E-state index in [1.54, 1.807) is 23.7 Å². The van der Waals surface area contributed by atoms with Crippen LogP contribution in [0.4, 0.5) is 5.69 Å². The molecule has 0 fully saturated rings. The molecule has 0 amide bonds. The lowest BCUT2D eigenvalue weighted by molar-refractivity contribution is 1.19. The summed E-state index contributed by atoms with van der Waals surface area (Å²) in [6, 6.07) is 1.97. The van der Waals surface area contributed by atoms with E-state index < -0.39 is 0 Å². The van der Waals surface area contributed by atoms with Crippen LogP contribution in [0, 0.1) is 0 Å². The van der Waals surface area contributed by atoms with Gasteiger partial charge in [0.05, 0.1) is 26.7 Å². The zero-order valence-electron chi connectivity index (χ0n) is 6.87. The van der Waals surface area contributed by atoms with Crippen LogP contribution >= 0.6 is 43.2 Å². The summed E-state index contributed by atoms with van der Waals surface area (Å²) in [6.07, 6.45) is 3.20. The zero-order valence-corrected chi connectivity index (χ0v) is 10.9. The molecular weight excluding hydrogens is 330 g/mol. The Hall–Kier alpha value is -0.460. The van der Waals surface area contributed by atoms with Gasteiger partial charge in [-0.2, -0.15) is 0 Å². The zero-order chi connectivity index (χ0) is 10.1. The van der Waals surface area contributed by atoms with Crippen molar-refractivity contribution in [2.45, 2.75) is 0 Å². The number of thiophene rings is 1. The van der Waals surface area contributed by atoms with E-state index >= 15 is 0 Å². The van der Waals surface area contributed by atoms with E-state index in [0.717, 1.165) is 13.1 Å². The Balaban J connectivity index is 2.44. The first kappa shape index (κ1) is 10.1. The van der Waals surface area contributed by atoms with Gasteiger partial charge in [-0.25, -0.2) is 9.97 Å². The Kier molecular flexibility index (Phi) is 2.85. The number of hydrogen-bond donors (Lipinski definition) is 1. The van der Waals surface area contributed by atoms with Crippen molar-refractivity contribution in [3.05, 3.63) is 26.7 Å². The van der Waals surface area contributed by atoms with Gasteiger partial charge in [-0.05, 0) is 37.9 Å². The van der Waals surface area contributed by atoms with Crippen LogP contribution in [0.25, 0.3) is 10.7 Å². The fourth-order valence-corrected chi connectivity index (χ4v) is 2.91. The average Bonchev–Trinajstić information content (AvgIpc) is 2.48. The summed E-state index contributed by atoms with van der Waals surface area (Å²) in [7, 11) is 0. The van der Waals surface area contributed by atoms with Crippen LogP contribution in [-0.4, -0.2) is 9.97 Å². The highest BCUT2D eigenvalue weighted by Gasteiger charge is 2.07. The summed E-state index contributed by atoms with van der Waals surface area (Å²) < 4.78 is 2.05. The van der Waals surface area contributed by atoms with Crippen LogP contribution in [0.2, 0.25) is 0 Å². The van der Waals surface area contributed by atoms with Crippen LogP contribution in [0.3, 0.4) is 0 Å². The van der Waals surface area contributed by atoms with E-state index in [1.165, 1.54) is 0 Å². The van der Waals surface area contributed by atoms with Gasteiger partial charge in [0.2, 0.25) is 0 Å². The van der Waals surface area contributed by atoms with E-state index in [2.05, 4.69) is 41.8 Å². The van der Waals surface area contributed by atoms with Crippen molar-refractivity contribution in [3.8, 4) is 10.7 Å². The van der Waals surface area contributed by atoms with E-state index in [1.807, 2.05) is 6.07 Å². The molecule has 2 aromatic heterocycles. The predicted molar refractivity (Wildman–Crippen MR) is 65.2 cm³/mol. The fraction of sp³-hybridized carbons (Fsp3) is 0. The lowest BCUT2D eigenvalue weighted by atomic mass is 10.4. The van der Waals surface area contributed by atoms with Crippen LogP contribution < -0.4 is 5.73 Å². The molecule has 0 aliphatic heterocycles. The summed E-state index contributed by atoms with van der Waals surface area (Å²) in [4.78, 5) is 9.27. The van der Waals surface area contributed by atoms with Crippen LogP contribution in [0.1, 0.15) is 0 Å². The van der Waals surface area contributed by atoms with Crippen molar-refractivity contribution in [1.29, 1.82) is 0 Å². The van der Waals surface area contributed by atoms with E-state index in [0.29, 0.717) is 11.5 Å². The number of aromatic nitrogens is 2. The molecule has 0 saturated heterocycles. The number of hydrogen-bond acceptors (Lipinski definition) is 4. The minimum atomic E-state index is 0.573. The Labute approximate surface area is 102 Å². The standard InChI is InChI=1S/C8H5Br2N3S/c9-5-1-6(14-7(5)10)8-12-2-4(11)3-13-8/h1-3H,11H2. The Morgan fingerprint density at radius 3 is 2.36 bits per heavy atom. The second-order valence-corrected chi connectivity index (χ2v) is 5.80. The maximum Gasteiger partial charge on any atom is 0.169 e. The molecule has 0 saturated carbocycles. The molecule has 0 atom stereocenters. The molecule has 0 aromatic carbocycles. The second kappa shape index (κ2) is 3.96. The number of rotatable bonds is 1. The average molecular weight is 335 g/mol. The number of anilines is 1. The molecule has 2 aromatic rings. The maximum atomic E-state index is 5.50. The van der Waals surface area contributed by atoms with Gasteiger partial charge in [0.1, 0.15) is 0 Å². The highest BCUT2D eigenvalue weighted by molar-refractivity contribution is 9.13. The van der Waals surface area contributed by atoms with Gasteiger partial charge in [0.25, 0.3) is 0 Å². The van der Waals surface area contributed by atoms with Gasteiger partial charge < -0.3 is 5.73 Å². The third kappa shape index (κ3) is 1.97. The number of halogens is 2. The summed E-state index contributed by atoms with van der Waals surface area (Å²) in [6.45, 7) is 0. The summed E-state index contributed by atoms with van der Waals surface area (Å²) in [5, 5.41) is 0. The molecule has 72 valence electrons. The Morgan fingerprint density at radius 2 is 1.86 bits per heavy atom. The lowest BCUT2D eigenvalue weighted by Gasteiger charge is -1.94. The topological polar surface area (TPSA) is 51.8 Å². The van der Waals surface area contributed by atoms with E-state index in [4.69, 9.17) is 5.73 Å². The molecule has 2 N–H and O–H groups in total. The number of nitrogens with zero attached hydrogens (tertiary/aromatic N) is 2. The molecule has 0 bridgehead atoms. The number of nitrogen functional groups attached to an aromatic ring is 1. The Bertz CT molecular complexity index is 433. The quantitative estimate of drug-likeness (QED) is 0.870. The van der Waals surface area contributed by atoms with Crippen molar-refractivity contribution in [2.75, 3.05) is 5.73 Å². The molecular formula is C8H5Br2N3S.